The molecule has 0 spiro atoms. The number of hydrogen-bond donors (Lipinski definition) is 1. The minimum atomic E-state index is -0.186. The smallest absolute Gasteiger partial charge is 0.309 e. The van der Waals surface area contributed by atoms with Crippen LogP contribution in [0.5, 0.6) is 0 Å². The van der Waals surface area contributed by atoms with Crippen LogP contribution in [0.2, 0.25) is 0 Å². The molecule has 1 fully saturated rings. The molecule has 0 aromatic heterocycles. The molecule has 1 N–H and O–H groups in total. The Labute approximate surface area is 120 Å². The third-order valence-corrected chi connectivity index (χ3v) is 3.18. The van der Waals surface area contributed by atoms with E-state index in [4.69, 9.17) is 0 Å². The van der Waals surface area contributed by atoms with Crippen molar-refractivity contribution >= 4 is 18.4 Å². The van der Waals surface area contributed by atoms with Crippen LogP contribution in [-0.2, 0) is 22.5 Å². The number of methoxy groups -OCH3 is 1. The molecule has 1 aromatic carbocycles. The largest absolute Gasteiger partial charge is 0.469 e. The Morgan fingerprint density at radius 1 is 1.32 bits per heavy atom. The molecule has 0 amide bonds. The third kappa shape index (κ3) is 5.19. The molecule has 0 aliphatic carbocycles. The SMILES string of the molecule is COC(=O)Cc1cccc(CN2CCNCC2)c1.Cl. The molecule has 1 heterocycles. The van der Waals surface area contributed by atoms with Crippen LogP contribution in [0, 0.1) is 0 Å². The maximum Gasteiger partial charge on any atom is 0.309 e. The van der Waals surface area contributed by atoms with Gasteiger partial charge < -0.3 is 10.1 Å². The molecule has 106 valence electrons. The summed E-state index contributed by atoms with van der Waals surface area (Å²) in [7, 11) is 1.42. The molecule has 0 radical (unpaired) electrons. The summed E-state index contributed by atoms with van der Waals surface area (Å²) in [6.45, 7) is 5.24. The first-order valence-electron chi connectivity index (χ1n) is 6.35. The highest BCUT2D eigenvalue weighted by Gasteiger charge is 2.10. The number of carbonyl (C=O) groups excluding carboxylic acids is 1. The molecule has 0 bridgehead atoms. The van der Waals surface area contributed by atoms with Crippen molar-refractivity contribution in [3.8, 4) is 0 Å². The maximum atomic E-state index is 11.2. The molecule has 1 aromatic rings. The summed E-state index contributed by atoms with van der Waals surface area (Å²) in [6, 6.07) is 8.19. The summed E-state index contributed by atoms with van der Waals surface area (Å²) >= 11 is 0. The van der Waals surface area contributed by atoms with Gasteiger partial charge in [0.25, 0.3) is 0 Å². The van der Waals surface area contributed by atoms with Crippen molar-refractivity contribution in [1.82, 2.24) is 10.2 Å². The highest BCUT2D eigenvalue weighted by atomic mass is 35.5. The number of ether oxygens (including phenoxy) is 1. The number of carbonyl (C=O) groups is 1. The number of hydrogen-bond acceptors (Lipinski definition) is 4. The topological polar surface area (TPSA) is 41.6 Å². The first kappa shape index (κ1) is 16.0. The van der Waals surface area contributed by atoms with Crippen LogP contribution in [-0.4, -0.2) is 44.2 Å². The molecular formula is C14H21ClN2O2. The zero-order valence-electron chi connectivity index (χ0n) is 11.2. The lowest BCUT2D eigenvalue weighted by atomic mass is 10.1. The van der Waals surface area contributed by atoms with Crippen LogP contribution in [0.3, 0.4) is 0 Å². The van der Waals surface area contributed by atoms with Gasteiger partial charge in [-0.3, -0.25) is 9.69 Å². The number of nitrogens with one attached hydrogen (secondary N) is 1. The average Bonchev–Trinajstić information content (AvgIpc) is 2.40. The van der Waals surface area contributed by atoms with E-state index in [2.05, 4.69) is 27.1 Å². The van der Waals surface area contributed by atoms with Crippen molar-refractivity contribution in [1.29, 1.82) is 0 Å². The lowest BCUT2D eigenvalue weighted by molar-refractivity contribution is -0.139. The van der Waals surface area contributed by atoms with Crippen LogP contribution in [0.4, 0.5) is 0 Å². The molecule has 19 heavy (non-hydrogen) atoms. The van der Waals surface area contributed by atoms with E-state index in [1.807, 2.05) is 12.1 Å². The second kappa shape index (κ2) is 8.15. The molecule has 1 aliphatic rings. The Morgan fingerprint density at radius 3 is 2.68 bits per heavy atom. The van der Waals surface area contributed by atoms with E-state index in [0.717, 1.165) is 38.3 Å². The fourth-order valence-corrected chi connectivity index (χ4v) is 2.20. The van der Waals surface area contributed by atoms with Crippen molar-refractivity contribution in [2.24, 2.45) is 0 Å². The number of piperazine rings is 1. The van der Waals surface area contributed by atoms with Crippen LogP contribution >= 0.6 is 12.4 Å². The Morgan fingerprint density at radius 2 is 2.00 bits per heavy atom. The highest BCUT2D eigenvalue weighted by Crippen LogP contribution is 2.10. The number of nitrogens with zero attached hydrogens (tertiary/aromatic N) is 1. The number of halogens is 1. The molecular weight excluding hydrogens is 264 g/mol. The zero-order valence-corrected chi connectivity index (χ0v) is 12.0. The zero-order chi connectivity index (χ0) is 12.8. The highest BCUT2D eigenvalue weighted by molar-refractivity contribution is 5.85. The van der Waals surface area contributed by atoms with Crippen LogP contribution in [0.1, 0.15) is 11.1 Å². The van der Waals surface area contributed by atoms with E-state index >= 15 is 0 Å². The molecule has 0 unspecified atom stereocenters. The standard InChI is InChI=1S/C14H20N2O2.ClH/c1-18-14(17)10-12-3-2-4-13(9-12)11-16-7-5-15-6-8-16;/h2-4,9,15H,5-8,10-11H2,1H3;1H. The molecule has 1 saturated heterocycles. The molecule has 4 nitrogen and oxygen atoms in total. The van der Waals surface area contributed by atoms with Gasteiger partial charge in [-0.25, -0.2) is 0 Å². The first-order chi connectivity index (χ1) is 8.78. The monoisotopic (exact) mass is 284 g/mol. The minimum absolute atomic E-state index is 0. The normalized spacial score (nSPS) is 15.6. The summed E-state index contributed by atoms with van der Waals surface area (Å²) < 4.78 is 4.69. The Balaban J connectivity index is 0.00000180. The van der Waals surface area contributed by atoms with Gasteiger partial charge in [-0.15, -0.1) is 12.4 Å². The predicted molar refractivity (Wildman–Crippen MR) is 77.6 cm³/mol. The van der Waals surface area contributed by atoms with Crippen molar-refractivity contribution in [2.75, 3.05) is 33.3 Å². The fraction of sp³-hybridized carbons (Fsp3) is 0.500. The van der Waals surface area contributed by atoms with Gasteiger partial charge >= 0.3 is 5.97 Å². The van der Waals surface area contributed by atoms with Crippen LogP contribution < -0.4 is 5.32 Å². The van der Waals surface area contributed by atoms with Gasteiger partial charge in [0.1, 0.15) is 0 Å². The van der Waals surface area contributed by atoms with E-state index in [1.54, 1.807) is 0 Å². The van der Waals surface area contributed by atoms with Crippen LogP contribution in [0.25, 0.3) is 0 Å². The van der Waals surface area contributed by atoms with Crippen molar-refractivity contribution in [3.63, 3.8) is 0 Å². The van der Waals surface area contributed by atoms with Gasteiger partial charge in [0.2, 0.25) is 0 Å². The van der Waals surface area contributed by atoms with Crippen molar-refractivity contribution < 1.29 is 9.53 Å². The lowest BCUT2D eigenvalue weighted by Crippen LogP contribution is -2.42. The van der Waals surface area contributed by atoms with Crippen molar-refractivity contribution in [2.45, 2.75) is 13.0 Å². The molecule has 1 aliphatic heterocycles. The molecule has 5 heteroatoms. The summed E-state index contributed by atoms with van der Waals surface area (Å²) in [4.78, 5) is 13.7. The van der Waals surface area contributed by atoms with Gasteiger partial charge in [0.05, 0.1) is 13.5 Å². The summed E-state index contributed by atoms with van der Waals surface area (Å²) in [5, 5.41) is 3.34. The van der Waals surface area contributed by atoms with Gasteiger partial charge in [0.15, 0.2) is 0 Å². The van der Waals surface area contributed by atoms with Gasteiger partial charge in [-0.2, -0.15) is 0 Å². The van der Waals surface area contributed by atoms with Gasteiger partial charge in [-0.05, 0) is 11.1 Å². The van der Waals surface area contributed by atoms with E-state index < -0.39 is 0 Å². The molecule has 2 rings (SSSR count). The second-order valence-corrected chi connectivity index (χ2v) is 4.60. The number of esters is 1. The summed E-state index contributed by atoms with van der Waals surface area (Å²) in [5.74, 6) is -0.186. The van der Waals surface area contributed by atoms with Crippen LogP contribution in [0.15, 0.2) is 24.3 Å². The average molecular weight is 285 g/mol. The van der Waals surface area contributed by atoms with E-state index in [9.17, 15) is 4.79 Å². The Bertz CT molecular complexity index is 406. The lowest BCUT2D eigenvalue weighted by Gasteiger charge is -2.27. The van der Waals surface area contributed by atoms with Crippen molar-refractivity contribution in [3.05, 3.63) is 35.4 Å². The fourth-order valence-electron chi connectivity index (χ4n) is 2.20. The molecule has 0 saturated carbocycles. The molecule has 0 atom stereocenters. The summed E-state index contributed by atoms with van der Waals surface area (Å²) in [6.07, 6.45) is 0.353. The summed E-state index contributed by atoms with van der Waals surface area (Å²) in [5.41, 5.74) is 2.28. The predicted octanol–water partition coefficient (Wildman–Crippen LogP) is 1.23. The second-order valence-electron chi connectivity index (χ2n) is 4.60. The minimum Gasteiger partial charge on any atom is -0.469 e. The van der Waals surface area contributed by atoms with E-state index in [-0.39, 0.29) is 18.4 Å². The number of benzene rings is 1. The number of rotatable bonds is 4. The Hall–Kier alpha value is -1.10. The quantitative estimate of drug-likeness (QED) is 0.845. The van der Waals surface area contributed by atoms with E-state index in [1.165, 1.54) is 12.7 Å². The Kier molecular flexibility index (Phi) is 6.84. The van der Waals surface area contributed by atoms with Gasteiger partial charge in [0, 0.05) is 32.7 Å². The first-order valence-corrected chi connectivity index (χ1v) is 6.35. The third-order valence-electron chi connectivity index (χ3n) is 3.18. The van der Waals surface area contributed by atoms with E-state index in [0.29, 0.717) is 6.42 Å². The van der Waals surface area contributed by atoms with Gasteiger partial charge in [-0.1, -0.05) is 24.3 Å². The maximum absolute atomic E-state index is 11.2.